The number of nitrogens with two attached hydrogens (primary N) is 1. The number of nitrogens with zero attached hydrogens (tertiary/aromatic N) is 4. The molecule has 3 aromatic rings. The van der Waals surface area contributed by atoms with Gasteiger partial charge >= 0.3 is 0 Å². The molecule has 0 aliphatic rings. The Labute approximate surface area is 120 Å². The summed E-state index contributed by atoms with van der Waals surface area (Å²) in [6.45, 7) is 0.592. The van der Waals surface area contributed by atoms with Crippen LogP contribution in [-0.2, 0) is 13.6 Å². The van der Waals surface area contributed by atoms with Crippen LogP contribution in [0.5, 0.6) is 0 Å². The van der Waals surface area contributed by atoms with Crippen molar-refractivity contribution in [2.24, 2.45) is 17.9 Å². The Morgan fingerprint density at radius 2 is 2.33 bits per heavy atom. The van der Waals surface area contributed by atoms with Crippen LogP contribution >= 0.6 is 0 Å². The highest BCUT2D eigenvalue weighted by Gasteiger charge is 2.10. The van der Waals surface area contributed by atoms with Crippen LogP contribution in [0.3, 0.4) is 0 Å². The lowest BCUT2D eigenvalue weighted by Gasteiger charge is -2.02. The predicted molar refractivity (Wildman–Crippen MR) is 79.1 cm³/mol. The number of rotatable bonds is 4. The number of aromatic nitrogens is 4. The number of imidazole rings is 1. The molecule has 0 aliphatic carbocycles. The maximum Gasteiger partial charge on any atom is 0.201 e. The molecule has 0 bridgehead atoms. The molecule has 21 heavy (non-hydrogen) atoms. The van der Waals surface area contributed by atoms with Crippen molar-refractivity contribution in [2.45, 2.75) is 6.54 Å². The molecule has 3 rings (SSSR count). The number of hydrogen-bond acceptors (Lipinski definition) is 5. The van der Waals surface area contributed by atoms with Gasteiger partial charge in [0, 0.05) is 18.8 Å². The van der Waals surface area contributed by atoms with Gasteiger partial charge in [-0.15, -0.1) is 0 Å². The molecule has 1 aromatic carbocycles. The molecule has 0 fully saturated rings. The Balaban J connectivity index is 1.89. The first-order valence-electron chi connectivity index (χ1n) is 6.36. The van der Waals surface area contributed by atoms with E-state index < -0.39 is 0 Å². The maximum absolute atomic E-state index is 8.81. The third-order valence-electron chi connectivity index (χ3n) is 3.26. The lowest BCUT2D eigenvalue weighted by atomic mass is 10.2. The van der Waals surface area contributed by atoms with E-state index in [0.29, 0.717) is 23.6 Å². The average molecular weight is 285 g/mol. The van der Waals surface area contributed by atoms with E-state index >= 15 is 0 Å². The first-order valence-corrected chi connectivity index (χ1v) is 6.36. The summed E-state index contributed by atoms with van der Waals surface area (Å²) < 4.78 is 1.79. The molecule has 0 saturated carbocycles. The number of fused-ring (bicyclic) bond motifs is 1. The maximum atomic E-state index is 8.81. The molecular weight excluding hydrogens is 270 g/mol. The van der Waals surface area contributed by atoms with E-state index in [9.17, 15) is 0 Å². The van der Waals surface area contributed by atoms with Crippen molar-refractivity contribution in [3.8, 4) is 0 Å². The van der Waals surface area contributed by atoms with Crippen molar-refractivity contribution in [3.05, 3.63) is 41.7 Å². The van der Waals surface area contributed by atoms with Gasteiger partial charge in [0.15, 0.2) is 5.84 Å². The smallest absolute Gasteiger partial charge is 0.201 e. The van der Waals surface area contributed by atoms with Crippen LogP contribution in [-0.4, -0.2) is 30.8 Å². The molecular formula is C13H15N7O. The summed E-state index contributed by atoms with van der Waals surface area (Å²) in [7, 11) is 1.88. The molecule has 0 spiro atoms. The van der Waals surface area contributed by atoms with E-state index in [4.69, 9.17) is 10.9 Å². The molecule has 0 saturated heterocycles. The van der Waals surface area contributed by atoms with Gasteiger partial charge in [-0.1, -0.05) is 11.2 Å². The fourth-order valence-corrected chi connectivity index (χ4v) is 2.13. The number of aryl methyl sites for hydroxylation is 1. The van der Waals surface area contributed by atoms with E-state index in [0.717, 1.165) is 11.2 Å². The van der Waals surface area contributed by atoms with Crippen molar-refractivity contribution in [2.75, 3.05) is 5.32 Å². The zero-order valence-electron chi connectivity index (χ0n) is 11.4. The molecule has 0 aliphatic heterocycles. The van der Waals surface area contributed by atoms with Gasteiger partial charge in [-0.25, -0.2) is 4.98 Å². The van der Waals surface area contributed by atoms with Crippen LogP contribution in [0.15, 0.2) is 35.6 Å². The van der Waals surface area contributed by atoms with Gasteiger partial charge in [0.05, 0.1) is 17.8 Å². The van der Waals surface area contributed by atoms with E-state index in [1.165, 1.54) is 0 Å². The number of aromatic amines is 1. The number of anilines is 1. The van der Waals surface area contributed by atoms with E-state index in [-0.39, 0.29) is 5.84 Å². The van der Waals surface area contributed by atoms with Crippen molar-refractivity contribution < 1.29 is 5.21 Å². The van der Waals surface area contributed by atoms with E-state index in [1.807, 2.05) is 25.2 Å². The molecule has 8 nitrogen and oxygen atoms in total. The predicted octanol–water partition coefficient (Wildman–Crippen LogP) is 1.00. The minimum Gasteiger partial charge on any atom is -0.409 e. The number of oxime groups is 1. The highest BCUT2D eigenvalue weighted by Crippen LogP contribution is 2.18. The number of para-hydroxylation sites is 1. The Morgan fingerprint density at radius 3 is 3.05 bits per heavy atom. The monoisotopic (exact) mass is 285 g/mol. The normalized spacial score (nSPS) is 12.0. The SMILES string of the molecule is Cn1nccc1CNc1nc2c(C(N)=NO)cccc2[nH]1. The van der Waals surface area contributed by atoms with E-state index in [2.05, 4.69) is 25.5 Å². The summed E-state index contributed by atoms with van der Waals surface area (Å²) in [6.07, 6.45) is 1.74. The number of benzene rings is 1. The lowest BCUT2D eigenvalue weighted by molar-refractivity contribution is 0.318. The zero-order valence-corrected chi connectivity index (χ0v) is 11.4. The molecule has 0 atom stereocenters. The fraction of sp³-hybridized carbons (Fsp3) is 0.154. The summed E-state index contributed by atoms with van der Waals surface area (Å²) in [4.78, 5) is 7.60. The Hall–Kier alpha value is -3.03. The van der Waals surface area contributed by atoms with Crippen molar-refractivity contribution in [1.29, 1.82) is 0 Å². The van der Waals surface area contributed by atoms with Crippen LogP contribution in [0, 0.1) is 0 Å². The van der Waals surface area contributed by atoms with Gasteiger partial charge in [0.25, 0.3) is 0 Å². The topological polar surface area (TPSA) is 117 Å². The summed E-state index contributed by atoms with van der Waals surface area (Å²) in [6, 6.07) is 7.38. The second kappa shape index (κ2) is 5.16. The molecule has 0 amide bonds. The Morgan fingerprint density at radius 1 is 1.48 bits per heavy atom. The molecule has 0 radical (unpaired) electrons. The number of amidine groups is 1. The van der Waals surface area contributed by atoms with Crippen molar-refractivity contribution >= 4 is 22.8 Å². The first-order chi connectivity index (χ1) is 10.2. The average Bonchev–Trinajstić information content (AvgIpc) is 3.09. The van der Waals surface area contributed by atoms with Crippen LogP contribution in [0.2, 0.25) is 0 Å². The summed E-state index contributed by atoms with van der Waals surface area (Å²) in [5, 5.41) is 19.1. The summed E-state index contributed by atoms with van der Waals surface area (Å²) in [5.41, 5.74) is 8.74. The highest BCUT2D eigenvalue weighted by atomic mass is 16.4. The van der Waals surface area contributed by atoms with Gasteiger partial charge in [-0.3, -0.25) is 4.68 Å². The van der Waals surface area contributed by atoms with Crippen LogP contribution in [0.25, 0.3) is 11.0 Å². The third kappa shape index (κ3) is 2.38. The molecule has 2 aromatic heterocycles. The van der Waals surface area contributed by atoms with Gasteiger partial charge in [-0.05, 0) is 18.2 Å². The van der Waals surface area contributed by atoms with Gasteiger partial charge < -0.3 is 21.2 Å². The first kappa shape index (κ1) is 13.0. The lowest BCUT2D eigenvalue weighted by Crippen LogP contribution is -2.13. The molecule has 108 valence electrons. The van der Waals surface area contributed by atoms with Gasteiger partial charge in [0.1, 0.15) is 5.52 Å². The highest BCUT2D eigenvalue weighted by molar-refractivity contribution is 6.07. The quantitative estimate of drug-likeness (QED) is 0.247. The largest absolute Gasteiger partial charge is 0.409 e. The minimum atomic E-state index is 0.0327. The second-order valence-electron chi connectivity index (χ2n) is 4.57. The van der Waals surface area contributed by atoms with Crippen molar-refractivity contribution in [1.82, 2.24) is 19.7 Å². The van der Waals surface area contributed by atoms with Crippen LogP contribution < -0.4 is 11.1 Å². The van der Waals surface area contributed by atoms with Crippen LogP contribution in [0.1, 0.15) is 11.3 Å². The van der Waals surface area contributed by atoms with Crippen LogP contribution in [0.4, 0.5) is 5.95 Å². The summed E-state index contributed by atoms with van der Waals surface area (Å²) in [5.74, 6) is 0.648. The number of hydrogen-bond donors (Lipinski definition) is 4. The van der Waals surface area contributed by atoms with Gasteiger partial charge in [0.2, 0.25) is 5.95 Å². The fourth-order valence-electron chi connectivity index (χ4n) is 2.13. The van der Waals surface area contributed by atoms with Crippen molar-refractivity contribution in [3.63, 3.8) is 0 Å². The molecule has 8 heteroatoms. The van der Waals surface area contributed by atoms with Gasteiger partial charge in [-0.2, -0.15) is 5.10 Å². The van der Waals surface area contributed by atoms with E-state index in [1.54, 1.807) is 16.9 Å². The number of H-pyrrole nitrogens is 1. The summed E-state index contributed by atoms with van der Waals surface area (Å²) >= 11 is 0. The zero-order chi connectivity index (χ0) is 14.8. The molecule has 5 N–H and O–H groups in total. The molecule has 2 heterocycles. The Bertz CT molecular complexity index is 802. The molecule has 0 unspecified atom stereocenters. The third-order valence-corrected chi connectivity index (χ3v) is 3.26. The second-order valence-corrected chi connectivity index (χ2v) is 4.57. The standard InChI is InChI=1S/C13H15N7O/c1-20-8(5-6-16-20)7-15-13-17-10-4-2-3-9(11(10)18-13)12(14)19-21/h2-6,21H,7H2,1H3,(H2,14,19)(H2,15,17,18). The minimum absolute atomic E-state index is 0.0327. The Kier molecular flexibility index (Phi) is 3.19. The number of nitrogens with one attached hydrogen (secondary N) is 2.